The van der Waals surface area contributed by atoms with E-state index in [0.717, 1.165) is 27.5 Å². The van der Waals surface area contributed by atoms with Crippen molar-refractivity contribution in [1.29, 1.82) is 0 Å². The largest absolute Gasteiger partial charge is 0.348 e. The third kappa shape index (κ3) is 5.99. The van der Waals surface area contributed by atoms with Gasteiger partial charge in [0, 0.05) is 0 Å². The summed E-state index contributed by atoms with van der Waals surface area (Å²) in [6.07, 6.45) is 1.09. The predicted molar refractivity (Wildman–Crippen MR) is 145 cm³/mol. The molecule has 0 bridgehead atoms. The number of nitrogens with two attached hydrogens (primary N) is 1. The lowest BCUT2D eigenvalue weighted by Crippen LogP contribution is -2.49. The van der Waals surface area contributed by atoms with Gasteiger partial charge in [0.05, 0.1) is 12.0 Å². The molecule has 5 nitrogen and oxygen atoms in total. The van der Waals surface area contributed by atoms with Crippen LogP contribution < -0.4 is 16.4 Å². The first-order chi connectivity index (χ1) is 17.6. The molecule has 0 aliphatic rings. The van der Waals surface area contributed by atoms with Gasteiger partial charge in [0.2, 0.25) is 11.8 Å². The molecular formula is C31H33N3O2. The Morgan fingerprint density at radius 3 is 1.94 bits per heavy atom. The van der Waals surface area contributed by atoms with E-state index in [1.54, 1.807) is 0 Å². The van der Waals surface area contributed by atoms with Crippen LogP contribution in [0, 0.1) is 0 Å². The average Bonchev–Trinajstić information content (AvgIpc) is 2.92. The minimum absolute atomic E-state index is 0.206. The lowest BCUT2D eigenvalue weighted by atomic mass is 9.90. The zero-order chi connectivity index (χ0) is 25.3. The first kappa shape index (κ1) is 25.1. The van der Waals surface area contributed by atoms with Gasteiger partial charge < -0.3 is 16.4 Å². The lowest BCUT2D eigenvalue weighted by Gasteiger charge is -2.25. The van der Waals surface area contributed by atoms with E-state index in [-0.39, 0.29) is 17.9 Å². The fourth-order valence-corrected chi connectivity index (χ4v) is 4.65. The molecule has 0 aromatic heterocycles. The lowest BCUT2D eigenvalue weighted by molar-refractivity contribution is -0.129. The minimum atomic E-state index is -0.687. The number of hydrogen-bond acceptors (Lipinski definition) is 3. The van der Waals surface area contributed by atoms with Gasteiger partial charge in [-0.15, -0.1) is 0 Å². The molecule has 4 rings (SSSR count). The molecule has 0 fully saturated rings. The summed E-state index contributed by atoms with van der Waals surface area (Å²) in [5.74, 6) is -0.935. The highest BCUT2D eigenvalue weighted by atomic mass is 16.2. The summed E-state index contributed by atoms with van der Waals surface area (Å²) >= 11 is 0. The molecule has 0 aliphatic carbocycles. The molecular weight excluding hydrogens is 446 g/mol. The van der Waals surface area contributed by atoms with Crippen molar-refractivity contribution >= 4 is 22.6 Å². The first-order valence-corrected chi connectivity index (χ1v) is 12.5. The molecule has 0 spiro atoms. The number of fused-ring (bicyclic) bond motifs is 1. The Hall–Kier alpha value is -3.96. The first-order valence-electron chi connectivity index (χ1n) is 12.5. The SMILES string of the molecule is C[C@@H](NC(=O)[C@@H](CCCN)NC(=O)C(c1ccccc1)c1ccccc1)c1cccc2ccccc12. The van der Waals surface area contributed by atoms with E-state index < -0.39 is 12.0 Å². The maximum Gasteiger partial charge on any atom is 0.243 e. The second-order valence-electron chi connectivity index (χ2n) is 9.05. The molecule has 184 valence electrons. The van der Waals surface area contributed by atoms with Crippen LogP contribution in [0.5, 0.6) is 0 Å². The van der Waals surface area contributed by atoms with Crippen molar-refractivity contribution in [2.45, 2.75) is 37.8 Å². The number of hydrogen-bond donors (Lipinski definition) is 3. The fourth-order valence-electron chi connectivity index (χ4n) is 4.65. The van der Waals surface area contributed by atoms with E-state index in [1.807, 2.05) is 91.9 Å². The molecule has 5 heteroatoms. The highest BCUT2D eigenvalue weighted by Gasteiger charge is 2.28. The van der Waals surface area contributed by atoms with Crippen molar-refractivity contribution in [3.8, 4) is 0 Å². The normalized spacial score (nSPS) is 12.8. The topological polar surface area (TPSA) is 84.2 Å². The molecule has 4 N–H and O–H groups in total. The van der Waals surface area contributed by atoms with Crippen LogP contribution in [0.2, 0.25) is 0 Å². The number of rotatable bonds is 10. The monoisotopic (exact) mass is 479 g/mol. The highest BCUT2D eigenvalue weighted by molar-refractivity contribution is 5.93. The second-order valence-corrected chi connectivity index (χ2v) is 9.05. The molecule has 0 radical (unpaired) electrons. The summed E-state index contributed by atoms with van der Waals surface area (Å²) in [6.45, 7) is 2.41. The molecule has 2 atom stereocenters. The van der Waals surface area contributed by atoms with Gasteiger partial charge in [-0.1, -0.05) is 103 Å². The van der Waals surface area contributed by atoms with Gasteiger partial charge in [0.15, 0.2) is 0 Å². The molecule has 0 unspecified atom stereocenters. The van der Waals surface area contributed by atoms with Gasteiger partial charge in [0.25, 0.3) is 0 Å². The maximum atomic E-state index is 13.6. The fraction of sp³-hybridized carbons (Fsp3) is 0.226. The summed E-state index contributed by atoms with van der Waals surface area (Å²) < 4.78 is 0. The molecule has 4 aromatic rings. The molecule has 0 saturated carbocycles. The average molecular weight is 480 g/mol. The van der Waals surface area contributed by atoms with E-state index in [4.69, 9.17) is 5.73 Å². The molecule has 2 amide bonds. The molecule has 4 aromatic carbocycles. The Labute approximate surface area is 212 Å². The Kier molecular flexibility index (Phi) is 8.48. The summed E-state index contributed by atoms with van der Waals surface area (Å²) in [4.78, 5) is 27.1. The van der Waals surface area contributed by atoms with E-state index in [2.05, 4.69) is 28.8 Å². The zero-order valence-corrected chi connectivity index (χ0v) is 20.6. The van der Waals surface area contributed by atoms with Crippen molar-refractivity contribution in [2.24, 2.45) is 5.73 Å². The van der Waals surface area contributed by atoms with Crippen LogP contribution in [0.3, 0.4) is 0 Å². The summed E-state index contributed by atoms with van der Waals surface area (Å²) in [6, 6.07) is 32.6. The quantitative estimate of drug-likeness (QED) is 0.297. The predicted octanol–water partition coefficient (Wildman–Crippen LogP) is 5.07. The van der Waals surface area contributed by atoms with Gasteiger partial charge in [0.1, 0.15) is 6.04 Å². The Balaban J connectivity index is 1.55. The smallest absolute Gasteiger partial charge is 0.243 e. The summed E-state index contributed by atoms with van der Waals surface area (Å²) in [5.41, 5.74) is 8.55. The van der Waals surface area contributed by atoms with Crippen molar-refractivity contribution in [1.82, 2.24) is 10.6 Å². The Bertz CT molecular complexity index is 1250. The second kappa shape index (κ2) is 12.1. The van der Waals surface area contributed by atoms with Gasteiger partial charge in [-0.2, -0.15) is 0 Å². The van der Waals surface area contributed by atoms with E-state index in [0.29, 0.717) is 19.4 Å². The van der Waals surface area contributed by atoms with Crippen molar-refractivity contribution in [2.75, 3.05) is 6.54 Å². The van der Waals surface area contributed by atoms with Crippen LogP contribution in [0.4, 0.5) is 0 Å². The van der Waals surface area contributed by atoms with Crippen LogP contribution >= 0.6 is 0 Å². The van der Waals surface area contributed by atoms with Crippen LogP contribution in [0.1, 0.15) is 48.4 Å². The number of carbonyl (C=O) groups excluding carboxylic acids is 2. The van der Waals surface area contributed by atoms with Crippen LogP contribution in [-0.2, 0) is 9.59 Å². The number of nitrogens with one attached hydrogen (secondary N) is 2. The molecule has 0 heterocycles. The summed E-state index contributed by atoms with van der Waals surface area (Å²) in [5, 5.41) is 8.39. The number of benzene rings is 4. The van der Waals surface area contributed by atoms with Gasteiger partial charge in [-0.3, -0.25) is 9.59 Å². The third-order valence-electron chi connectivity index (χ3n) is 6.51. The van der Waals surface area contributed by atoms with Crippen LogP contribution in [0.15, 0.2) is 103 Å². The highest BCUT2D eigenvalue weighted by Crippen LogP contribution is 2.26. The van der Waals surface area contributed by atoms with Gasteiger partial charge in [-0.05, 0) is 53.8 Å². The number of carbonyl (C=O) groups is 2. The third-order valence-corrected chi connectivity index (χ3v) is 6.51. The van der Waals surface area contributed by atoms with Crippen molar-refractivity contribution in [3.05, 3.63) is 120 Å². The molecule has 0 saturated heterocycles. The summed E-state index contributed by atoms with van der Waals surface area (Å²) in [7, 11) is 0. The van der Waals surface area contributed by atoms with E-state index >= 15 is 0 Å². The minimum Gasteiger partial charge on any atom is -0.348 e. The maximum absolute atomic E-state index is 13.6. The zero-order valence-electron chi connectivity index (χ0n) is 20.6. The van der Waals surface area contributed by atoms with Gasteiger partial charge >= 0.3 is 0 Å². The van der Waals surface area contributed by atoms with E-state index in [1.165, 1.54) is 0 Å². The van der Waals surface area contributed by atoms with Crippen LogP contribution in [-0.4, -0.2) is 24.4 Å². The number of amides is 2. The van der Waals surface area contributed by atoms with Crippen LogP contribution in [0.25, 0.3) is 10.8 Å². The molecule has 0 aliphatic heterocycles. The Morgan fingerprint density at radius 1 is 0.722 bits per heavy atom. The standard InChI is InChI=1S/C31H33N3O2/c1-22(26-19-10-17-23-12-8-9-18-27(23)26)33-30(35)28(20-11-21-32)34-31(36)29(24-13-4-2-5-14-24)25-15-6-3-7-16-25/h2-10,12-19,22,28-29H,11,20-21,32H2,1H3,(H,33,35)(H,34,36)/t22-,28-/m1/s1. The Morgan fingerprint density at radius 2 is 1.31 bits per heavy atom. The molecule has 36 heavy (non-hydrogen) atoms. The van der Waals surface area contributed by atoms with Crippen molar-refractivity contribution in [3.63, 3.8) is 0 Å². The van der Waals surface area contributed by atoms with Gasteiger partial charge in [-0.25, -0.2) is 0 Å². The van der Waals surface area contributed by atoms with Crippen molar-refractivity contribution < 1.29 is 9.59 Å². The van der Waals surface area contributed by atoms with E-state index in [9.17, 15) is 9.59 Å².